The number of piperidine rings is 1. The summed E-state index contributed by atoms with van der Waals surface area (Å²) in [7, 11) is 0. The second-order valence-electron chi connectivity index (χ2n) is 6.36. The van der Waals surface area contributed by atoms with E-state index in [4.69, 9.17) is 0 Å². The van der Waals surface area contributed by atoms with Gasteiger partial charge >= 0.3 is 0 Å². The SMILES string of the molecule is CCc1ccc(C(CO)NC(=O)CN2CCC(C)CC2)cc1. The van der Waals surface area contributed by atoms with Crippen molar-refractivity contribution in [2.45, 2.75) is 39.2 Å². The third-order valence-corrected chi connectivity index (χ3v) is 4.55. The summed E-state index contributed by atoms with van der Waals surface area (Å²) >= 11 is 0. The summed E-state index contributed by atoms with van der Waals surface area (Å²) in [5, 5.41) is 12.5. The molecule has 0 radical (unpaired) electrons. The summed E-state index contributed by atoms with van der Waals surface area (Å²) in [5.41, 5.74) is 2.22. The lowest BCUT2D eigenvalue weighted by molar-refractivity contribution is -0.123. The first-order valence-corrected chi connectivity index (χ1v) is 8.33. The Kier molecular flexibility index (Phi) is 6.40. The lowest BCUT2D eigenvalue weighted by Crippen LogP contribution is -2.42. The van der Waals surface area contributed by atoms with Crippen molar-refractivity contribution < 1.29 is 9.90 Å². The number of benzene rings is 1. The standard InChI is InChI=1S/C18H28N2O2/c1-3-15-4-6-16(7-5-15)17(13-21)19-18(22)12-20-10-8-14(2)9-11-20/h4-7,14,17,21H,3,8-13H2,1-2H3,(H,19,22). The monoisotopic (exact) mass is 304 g/mol. The number of aliphatic hydroxyl groups is 1. The minimum absolute atomic E-state index is 0.00632. The molecule has 22 heavy (non-hydrogen) atoms. The number of hydrogen-bond donors (Lipinski definition) is 2. The van der Waals surface area contributed by atoms with E-state index in [9.17, 15) is 9.90 Å². The first kappa shape index (κ1) is 17.0. The fourth-order valence-electron chi connectivity index (χ4n) is 2.88. The number of carbonyl (C=O) groups excluding carboxylic acids is 1. The summed E-state index contributed by atoms with van der Waals surface area (Å²) in [6, 6.07) is 7.76. The highest BCUT2D eigenvalue weighted by molar-refractivity contribution is 5.78. The van der Waals surface area contributed by atoms with Gasteiger partial charge in [0.1, 0.15) is 0 Å². The number of aliphatic hydroxyl groups excluding tert-OH is 1. The first-order chi connectivity index (χ1) is 10.6. The maximum absolute atomic E-state index is 12.2. The summed E-state index contributed by atoms with van der Waals surface area (Å²) in [5.74, 6) is 0.759. The van der Waals surface area contributed by atoms with Crippen LogP contribution in [0.25, 0.3) is 0 Å². The van der Waals surface area contributed by atoms with Crippen molar-refractivity contribution in [2.24, 2.45) is 5.92 Å². The lowest BCUT2D eigenvalue weighted by Gasteiger charge is -2.30. The molecule has 122 valence electrons. The van der Waals surface area contributed by atoms with Crippen LogP contribution >= 0.6 is 0 Å². The van der Waals surface area contributed by atoms with E-state index in [0.717, 1.165) is 43.8 Å². The molecule has 0 spiro atoms. The van der Waals surface area contributed by atoms with Crippen molar-refractivity contribution in [3.8, 4) is 0 Å². The van der Waals surface area contributed by atoms with Crippen molar-refractivity contribution in [3.05, 3.63) is 35.4 Å². The molecule has 1 aliphatic heterocycles. The molecular formula is C18H28N2O2. The molecule has 4 nitrogen and oxygen atoms in total. The van der Waals surface area contributed by atoms with Crippen LogP contribution in [0.1, 0.15) is 43.9 Å². The third kappa shape index (κ3) is 4.82. The molecule has 1 aliphatic rings. The number of carbonyl (C=O) groups is 1. The van der Waals surface area contributed by atoms with Crippen molar-refractivity contribution in [3.63, 3.8) is 0 Å². The first-order valence-electron chi connectivity index (χ1n) is 8.33. The van der Waals surface area contributed by atoms with E-state index >= 15 is 0 Å². The number of aryl methyl sites for hydroxylation is 1. The van der Waals surface area contributed by atoms with Crippen LogP contribution in [0.4, 0.5) is 0 Å². The molecule has 4 heteroatoms. The average Bonchev–Trinajstić information content (AvgIpc) is 2.55. The molecule has 1 aromatic rings. The Morgan fingerprint density at radius 2 is 1.95 bits per heavy atom. The van der Waals surface area contributed by atoms with Crippen LogP contribution in [0.2, 0.25) is 0 Å². The Balaban J connectivity index is 1.87. The molecule has 1 unspecified atom stereocenters. The molecule has 2 N–H and O–H groups in total. The Bertz CT molecular complexity index is 464. The number of likely N-dealkylation sites (tertiary alicyclic amines) is 1. The van der Waals surface area contributed by atoms with E-state index in [0.29, 0.717) is 6.54 Å². The van der Waals surface area contributed by atoms with E-state index in [2.05, 4.69) is 36.2 Å². The van der Waals surface area contributed by atoms with Crippen molar-refractivity contribution >= 4 is 5.91 Å². The zero-order valence-corrected chi connectivity index (χ0v) is 13.7. The summed E-state index contributed by atoms with van der Waals surface area (Å²) in [4.78, 5) is 14.4. The topological polar surface area (TPSA) is 52.6 Å². The fourth-order valence-corrected chi connectivity index (χ4v) is 2.88. The second kappa shape index (κ2) is 8.30. The number of hydrogen-bond acceptors (Lipinski definition) is 3. The van der Waals surface area contributed by atoms with Crippen LogP contribution in [0, 0.1) is 5.92 Å². The maximum Gasteiger partial charge on any atom is 0.234 e. The third-order valence-electron chi connectivity index (χ3n) is 4.55. The van der Waals surface area contributed by atoms with Gasteiger partial charge in [-0.3, -0.25) is 9.69 Å². The van der Waals surface area contributed by atoms with Crippen LogP contribution < -0.4 is 5.32 Å². The van der Waals surface area contributed by atoms with Gasteiger partial charge in [0.25, 0.3) is 0 Å². The molecule has 2 rings (SSSR count). The Morgan fingerprint density at radius 1 is 1.32 bits per heavy atom. The minimum Gasteiger partial charge on any atom is -0.394 e. The van der Waals surface area contributed by atoms with E-state index in [-0.39, 0.29) is 18.6 Å². The maximum atomic E-state index is 12.2. The molecule has 1 heterocycles. The summed E-state index contributed by atoms with van der Waals surface area (Å²) in [6.45, 7) is 6.70. The number of nitrogens with one attached hydrogen (secondary N) is 1. The Hall–Kier alpha value is -1.39. The predicted octanol–water partition coefficient (Wildman–Crippen LogP) is 2.13. The van der Waals surface area contributed by atoms with Gasteiger partial charge in [0, 0.05) is 0 Å². The van der Waals surface area contributed by atoms with Crippen molar-refractivity contribution in [2.75, 3.05) is 26.2 Å². The normalized spacial score (nSPS) is 18.1. The van der Waals surface area contributed by atoms with E-state index in [1.165, 1.54) is 5.56 Å². The average molecular weight is 304 g/mol. The molecule has 0 aromatic heterocycles. The number of rotatable bonds is 6. The Morgan fingerprint density at radius 3 is 2.50 bits per heavy atom. The van der Waals surface area contributed by atoms with Gasteiger partial charge < -0.3 is 10.4 Å². The van der Waals surface area contributed by atoms with Crippen LogP contribution in [0.15, 0.2) is 24.3 Å². The summed E-state index contributed by atoms with van der Waals surface area (Å²) < 4.78 is 0. The van der Waals surface area contributed by atoms with Gasteiger partial charge in [0.2, 0.25) is 5.91 Å². The highest BCUT2D eigenvalue weighted by atomic mass is 16.3. The highest BCUT2D eigenvalue weighted by Crippen LogP contribution is 2.16. The molecule has 0 saturated carbocycles. The van der Waals surface area contributed by atoms with Gasteiger partial charge in [-0.05, 0) is 49.4 Å². The van der Waals surface area contributed by atoms with Gasteiger partial charge in [0.05, 0.1) is 19.2 Å². The number of nitrogens with zero attached hydrogens (tertiary/aromatic N) is 1. The quantitative estimate of drug-likeness (QED) is 0.846. The molecule has 0 aliphatic carbocycles. The van der Waals surface area contributed by atoms with Gasteiger partial charge in [-0.2, -0.15) is 0 Å². The van der Waals surface area contributed by atoms with Crippen LogP contribution in [0.5, 0.6) is 0 Å². The zero-order chi connectivity index (χ0) is 15.9. The van der Waals surface area contributed by atoms with Gasteiger partial charge in [-0.15, -0.1) is 0 Å². The fraction of sp³-hybridized carbons (Fsp3) is 0.611. The molecule has 1 fully saturated rings. The molecule has 1 saturated heterocycles. The van der Waals surface area contributed by atoms with Gasteiger partial charge in [-0.1, -0.05) is 38.1 Å². The molecule has 0 bridgehead atoms. The highest BCUT2D eigenvalue weighted by Gasteiger charge is 2.20. The van der Waals surface area contributed by atoms with E-state index in [1.807, 2.05) is 12.1 Å². The van der Waals surface area contributed by atoms with Crippen molar-refractivity contribution in [1.82, 2.24) is 10.2 Å². The summed E-state index contributed by atoms with van der Waals surface area (Å²) in [6.07, 6.45) is 3.31. The van der Waals surface area contributed by atoms with Crippen LogP contribution in [0.3, 0.4) is 0 Å². The van der Waals surface area contributed by atoms with Crippen molar-refractivity contribution in [1.29, 1.82) is 0 Å². The molecular weight excluding hydrogens is 276 g/mol. The minimum atomic E-state index is -0.317. The second-order valence-corrected chi connectivity index (χ2v) is 6.36. The van der Waals surface area contributed by atoms with Gasteiger partial charge in [-0.25, -0.2) is 0 Å². The largest absolute Gasteiger partial charge is 0.394 e. The predicted molar refractivity (Wildman–Crippen MR) is 88.6 cm³/mol. The van der Waals surface area contributed by atoms with Crippen LogP contribution in [-0.2, 0) is 11.2 Å². The smallest absolute Gasteiger partial charge is 0.234 e. The Labute approximate surface area is 133 Å². The molecule has 1 amide bonds. The molecule has 1 atom stereocenters. The zero-order valence-electron chi connectivity index (χ0n) is 13.7. The lowest BCUT2D eigenvalue weighted by atomic mass is 9.99. The molecule has 1 aromatic carbocycles. The van der Waals surface area contributed by atoms with E-state index in [1.54, 1.807) is 0 Å². The number of amides is 1. The van der Waals surface area contributed by atoms with Crippen LogP contribution in [-0.4, -0.2) is 42.2 Å². The van der Waals surface area contributed by atoms with Gasteiger partial charge in [0.15, 0.2) is 0 Å². The van der Waals surface area contributed by atoms with E-state index < -0.39 is 0 Å².